The quantitative estimate of drug-likeness (QED) is 0.830. The summed E-state index contributed by atoms with van der Waals surface area (Å²) >= 11 is 8.79. The van der Waals surface area contributed by atoms with E-state index in [2.05, 4.69) is 10.3 Å². The zero-order valence-electron chi connectivity index (χ0n) is 13.7. The third kappa shape index (κ3) is 4.50. The van der Waals surface area contributed by atoms with Crippen LogP contribution in [-0.2, 0) is 9.53 Å². The van der Waals surface area contributed by atoms with Crippen molar-refractivity contribution in [2.24, 2.45) is 5.92 Å². The number of hydrogen-bond acceptors (Lipinski definition) is 6. The van der Waals surface area contributed by atoms with Crippen LogP contribution >= 0.6 is 34.3 Å². The first-order chi connectivity index (χ1) is 12.1. The number of aromatic nitrogens is 1. The lowest BCUT2D eigenvalue weighted by molar-refractivity contribution is -0.121. The number of halogens is 1. The number of anilines is 1. The highest BCUT2D eigenvalue weighted by atomic mass is 35.5. The van der Waals surface area contributed by atoms with Crippen LogP contribution in [0.4, 0.5) is 9.93 Å². The molecule has 0 unspecified atom stereocenters. The number of nitrogens with zero attached hydrogens (tertiary/aromatic N) is 2. The first-order valence-corrected chi connectivity index (χ1v) is 10.1. The van der Waals surface area contributed by atoms with Crippen LogP contribution in [0.25, 0.3) is 10.6 Å². The van der Waals surface area contributed by atoms with Crippen molar-refractivity contribution in [3.63, 3.8) is 0 Å². The lowest BCUT2D eigenvalue weighted by atomic mass is 9.96. The molecule has 6 nitrogen and oxygen atoms in total. The van der Waals surface area contributed by atoms with Gasteiger partial charge in [-0.15, -0.1) is 22.7 Å². The Hall–Kier alpha value is -1.64. The van der Waals surface area contributed by atoms with Crippen molar-refractivity contribution in [2.75, 3.05) is 25.0 Å². The SMILES string of the molecule is CCOC(=O)N1CCC(C(=O)Nc2nc(-c3ccc(Cl)s3)cs2)CC1. The van der Waals surface area contributed by atoms with Gasteiger partial charge in [0.05, 0.1) is 21.5 Å². The van der Waals surface area contributed by atoms with Gasteiger partial charge in [0.1, 0.15) is 0 Å². The van der Waals surface area contributed by atoms with Crippen LogP contribution in [0, 0.1) is 5.92 Å². The second kappa shape index (κ2) is 8.16. The molecule has 1 saturated heterocycles. The zero-order valence-corrected chi connectivity index (χ0v) is 16.0. The number of hydrogen-bond donors (Lipinski definition) is 1. The van der Waals surface area contributed by atoms with Crippen molar-refractivity contribution < 1.29 is 14.3 Å². The fourth-order valence-corrected chi connectivity index (χ4v) is 4.43. The maximum absolute atomic E-state index is 12.4. The van der Waals surface area contributed by atoms with Crippen LogP contribution < -0.4 is 5.32 Å². The Morgan fingerprint density at radius 2 is 2.16 bits per heavy atom. The highest BCUT2D eigenvalue weighted by molar-refractivity contribution is 7.20. The fourth-order valence-electron chi connectivity index (χ4n) is 2.64. The van der Waals surface area contributed by atoms with E-state index in [1.54, 1.807) is 11.8 Å². The van der Waals surface area contributed by atoms with Gasteiger partial charge in [-0.05, 0) is 31.9 Å². The Labute approximate surface area is 158 Å². The molecule has 0 aliphatic carbocycles. The van der Waals surface area contributed by atoms with E-state index in [9.17, 15) is 9.59 Å². The summed E-state index contributed by atoms with van der Waals surface area (Å²) in [5.41, 5.74) is 0.814. The normalized spacial score (nSPS) is 15.2. The molecule has 3 heterocycles. The minimum absolute atomic E-state index is 0.0476. The van der Waals surface area contributed by atoms with Gasteiger partial charge in [0.25, 0.3) is 0 Å². The van der Waals surface area contributed by atoms with Gasteiger partial charge in [0.2, 0.25) is 5.91 Å². The molecule has 1 N–H and O–H groups in total. The fraction of sp³-hybridized carbons (Fsp3) is 0.438. The minimum atomic E-state index is -0.305. The average Bonchev–Trinajstić information content (AvgIpc) is 3.24. The van der Waals surface area contributed by atoms with Crippen molar-refractivity contribution in [1.29, 1.82) is 0 Å². The molecular formula is C16H18ClN3O3S2. The summed E-state index contributed by atoms with van der Waals surface area (Å²) in [6.45, 7) is 3.22. The molecule has 2 aromatic heterocycles. The molecule has 0 saturated carbocycles. The number of amides is 2. The van der Waals surface area contributed by atoms with E-state index < -0.39 is 0 Å². The first kappa shape index (κ1) is 18.2. The molecule has 0 bridgehead atoms. The predicted octanol–water partition coefficient (Wildman–Crippen LogP) is 4.33. The maximum Gasteiger partial charge on any atom is 0.409 e. The number of thiazole rings is 1. The second-order valence-electron chi connectivity index (χ2n) is 5.59. The molecule has 0 aromatic carbocycles. The van der Waals surface area contributed by atoms with Gasteiger partial charge in [-0.25, -0.2) is 9.78 Å². The molecular weight excluding hydrogens is 382 g/mol. The Bertz CT molecular complexity index is 753. The monoisotopic (exact) mass is 399 g/mol. The number of thiophene rings is 1. The average molecular weight is 400 g/mol. The molecule has 9 heteroatoms. The Kier molecular flexibility index (Phi) is 5.93. The van der Waals surface area contributed by atoms with Crippen molar-refractivity contribution in [3.05, 3.63) is 21.8 Å². The number of likely N-dealkylation sites (tertiary alicyclic amines) is 1. The van der Waals surface area contributed by atoms with E-state index in [1.807, 2.05) is 17.5 Å². The van der Waals surface area contributed by atoms with Crippen LogP contribution in [0.15, 0.2) is 17.5 Å². The standard InChI is InChI=1S/C16H18ClN3O3S2/c1-2-23-16(22)20-7-5-10(6-8-20)14(21)19-15-18-11(9-24-15)12-3-4-13(17)25-12/h3-4,9-10H,2,5-8H2,1H3,(H,18,19,21). The van der Waals surface area contributed by atoms with E-state index in [-0.39, 0.29) is 17.9 Å². The zero-order chi connectivity index (χ0) is 17.8. The molecule has 134 valence electrons. The lowest BCUT2D eigenvalue weighted by Crippen LogP contribution is -2.41. The predicted molar refractivity (Wildman–Crippen MR) is 100 cm³/mol. The molecule has 3 rings (SSSR count). The third-order valence-electron chi connectivity index (χ3n) is 3.95. The van der Waals surface area contributed by atoms with Crippen LogP contribution in [0.1, 0.15) is 19.8 Å². The number of carbonyl (C=O) groups is 2. The molecule has 0 radical (unpaired) electrons. The summed E-state index contributed by atoms with van der Waals surface area (Å²) < 4.78 is 5.70. The second-order valence-corrected chi connectivity index (χ2v) is 8.16. The van der Waals surface area contributed by atoms with Crippen molar-refractivity contribution in [2.45, 2.75) is 19.8 Å². The van der Waals surface area contributed by atoms with Gasteiger partial charge in [-0.2, -0.15) is 0 Å². The summed E-state index contributed by atoms with van der Waals surface area (Å²) in [4.78, 5) is 31.2. The highest BCUT2D eigenvalue weighted by Gasteiger charge is 2.28. The number of ether oxygens (including phenoxy) is 1. The molecule has 2 aromatic rings. The minimum Gasteiger partial charge on any atom is -0.450 e. The first-order valence-electron chi connectivity index (χ1n) is 8.00. The summed E-state index contributed by atoms with van der Waals surface area (Å²) in [6.07, 6.45) is 0.952. The van der Waals surface area contributed by atoms with Gasteiger partial charge in [0, 0.05) is 24.4 Å². The van der Waals surface area contributed by atoms with E-state index in [1.165, 1.54) is 22.7 Å². The van der Waals surface area contributed by atoms with E-state index in [4.69, 9.17) is 16.3 Å². The van der Waals surface area contributed by atoms with Gasteiger partial charge >= 0.3 is 6.09 Å². The summed E-state index contributed by atoms with van der Waals surface area (Å²) in [6, 6.07) is 3.75. The van der Waals surface area contributed by atoms with Crippen LogP contribution in [0.5, 0.6) is 0 Å². The Morgan fingerprint density at radius 3 is 2.80 bits per heavy atom. The molecule has 1 aliphatic heterocycles. The lowest BCUT2D eigenvalue weighted by Gasteiger charge is -2.30. The van der Waals surface area contributed by atoms with E-state index in [0.29, 0.717) is 42.0 Å². The van der Waals surface area contributed by atoms with Crippen molar-refractivity contribution >= 4 is 51.4 Å². The van der Waals surface area contributed by atoms with E-state index >= 15 is 0 Å². The third-order valence-corrected chi connectivity index (χ3v) is 5.96. The van der Waals surface area contributed by atoms with Crippen LogP contribution in [0.2, 0.25) is 4.34 Å². The molecule has 1 fully saturated rings. The Morgan fingerprint density at radius 1 is 1.40 bits per heavy atom. The van der Waals surface area contributed by atoms with Gasteiger partial charge in [-0.1, -0.05) is 11.6 Å². The number of carbonyl (C=O) groups excluding carboxylic acids is 2. The Balaban J connectivity index is 1.53. The van der Waals surface area contributed by atoms with Crippen LogP contribution in [-0.4, -0.2) is 41.6 Å². The number of rotatable bonds is 4. The van der Waals surface area contributed by atoms with E-state index in [0.717, 1.165) is 10.6 Å². The van der Waals surface area contributed by atoms with Gasteiger partial charge in [-0.3, -0.25) is 4.79 Å². The molecule has 25 heavy (non-hydrogen) atoms. The topological polar surface area (TPSA) is 71.5 Å². The molecule has 0 spiro atoms. The summed E-state index contributed by atoms with van der Waals surface area (Å²) in [5, 5.41) is 5.37. The molecule has 0 atom stereocenters. The largest absolute Gasteiger partial charge is 0.450 e. The van der Waals surface area contributed by atoms with Crippen molar-refractivity contribution in [1.82, 2.24) is 9.88 Å². The van der Waals surface area contributed by atoms with Crippen molar-refractivity contribution in [3.8, 4) is 10.6 Å². The molecule has 2 amide bonds. The summed E-state index contributed by atoms with van der Waals surface area (Å²) in [5.74, 6) is -0.164. The van der Waals surface area contributed by atoms with Gasteiger partial charge < -0.3 is 15.0 Å². The highest BCUT2D eigenvalue weighted by Crippen LogP contribution is 2.33. The number of piperidine rings is 1. The number of nitrogens with one attached hydrogen (secondary N) is 1. The summed E-state index contributed by atoms with van der Waals surface area (Å²) in [7, 11) is 0. The maximum atomic E-state index is 12.4. The van der Waals surface area contributed by atoms with Crippen LogP contribution in [0.3, 0.4) is 0 Å². The smallest absolute Gasteiger partial charge is 0.409 e. The molecule has 1 aliphatic rings. The van der Waals surface area contributed by atoms with Gasteiger partial charge in [0.15, 0.2) is 5.13 Å².